The standard InChI is InChI=1S/C18H16F3N5O2/c19-18(20,21)13-6-7-14-24-25-15(26(14)11-13)10-23-16(27)8-9-22-17(28)12-4-2-1-3-5-12/h1-7,11H,8-10H2,(H,22,28)(H,23,27). The van der Waals surface area contributed by atoms with Crippen molar-refractivity contribution in [2.45, 2.75) is 19.1 Å². The van der Waals surface area contributed by atoms with E-state index in [1.54, 1.807) is 30.3 Å². The number of hydrogen-bond donors (Lipinski definition) is 2. The number of nitrogens with zero attached hydrogens (tertiary/aromatic N) is 3. The maximum absolute atomic E-state index is 12.8. The Morgan fingerprint density at radius 1 is 1.00 bits per heavy atom. The molecule has 0 aliphatic rings. The predicted octanol–water partition coefficient (Wildman–Crippen LogP) is 2.18. The van der Waals surface area contributed by atoms with Gasteiger partial charge in [0.1, 0.15) is 0 Å². The fraction of sp³-hybridized carbons (Fsp3) is 0.222. The number of carbonyl (C=O) groups is 2. The van der Waals surface area contributed by atoms with Gasteiger partial charge in [0.2, 0.25) is 5.91 Å². The summed E-state index contributed by atoms with van der Waals surface area (Å²) >= 11 is 0. The Morgan fingerprint density at radius 2 is 1.75 bits per heavy atom. The fourth-order valence-corrected chi connectivity index (χ4v) is 2.47. The van der Waals surface area contributed by atoms with Gasteiger partial charge in [0.15, 0.2) is 11.5 Å². The Morgan fingerprint density at radius 3 is 2.46 bits per heavy atom. The fourth-order valence-electron chi connectivity index (χ4n) is 2.47. The number of alkyl halides is 3. The molecule has 0 radical (unpaired) electrons. The van der Waals surface area contributed by atoms with E-state index in [9.17, 15) is 22.8 Å². The van der Waals surface area contributed by atoms with Crippen LogP contribution < -0.4 is 10.6 Å². The first-order valence-corrected chi connectivity index (χ1v) is 8.35. The van der Waals surface area contributed by atoms with Crippen molar-refractivity contribution in [3.63, 3.8) is 0 Å². The number of fused-ring (bicyclic) bond motifs is 1. The van der Waals surface area contributed by atoms with Crippen LogP contribution in [0.15, 0.2) is 48.7 Å². The summed E-state index contributed by atoms with van der Waals surface area (Å²) in [6, 6.07) is 10.7. The minimum atomic E-state index is -4.49. The lowest BCUT2D eigenvalue weighted by Crippen LogP contribution is -2.30. The lowest BCUT2D eigenvalue weighted by Gasteiger charge is -2.08. The Bertz CT molecular complexity index is 986. The highest BCUT2D eigenvalue weighted by Crippen LogP contribution is 2.29. The minimum Gasteiger partial charge on any atom is -0.352 e. The number of aromatic nitrogens is 3. The normalized spacial score (nSPS) is 11.4. The van der Waals surface area contributed by atoms with E-state index in [1.807, 2.05) is 0 Å². The highest BCUT2D eigenvalue weighted by atomic mass is 19.4. The molecule has 10 heteroatoms. The van der Waals surface area contributed by atoms with Crippen LogP contribution in [0.25, 0.3) is 5.65 Å². The van der Waals surface area contributed by atoms with Gasteiger partial charge in [-0.2, -0.15) is 13.2 Å². The lowest BCUT2D eigenvalue weighted by atomic mass is 10.2. The van der Waals surface area contributed by atoms with Crippen molar-refractivity contribution in [1.82, 2.24) is 25.2 Å². The summed E-state index contributed by atoms with van der Waals surface area (Å²) < 4.78 is 39.7. The van der Waals surface area contributed by atoms with Crippen molar-refractivity contribution in [3.05, 3.63) is 65.6 Å². The van der Waals surface area contributed by atoms with E-state index in [0.717, 1.165) is 12.3 Å². The molecule has 0 saturated carbocycles. The molecule has 0 aliphatic carbocycles. The molecule has 1 aromatic carbocycles. The predicted molar refractivity (Wildman–Crippen MR) is 93.2 cm³/mol. The summed E-state index contributed by atoms with van der Waals surface area (Å²) in [4.78, 5) is 23.8. The third kappa shape index (κ3) is 4.64. The third-order valence-corrected chi connectivity index (χ3v) is 3.92. The summed E-state index contributed by atoms with van der Waals surface area (Å²) in [5.74, 6) is -0.503. The van der Waals surface area contributed by atoms with Crippen LogP contribution in [-0.2, 0) is 17.5 Å². The highest BCUT2D eigenvalue weighted by Gasteiger charge is 2.31. The van der Waals surface area contributed by atoms with Gasteiger partial charge in [-0.25, -0.2) is 0 Å². The minimum absolute atomic E-state index is 0.0170. The largest absolute Gasteiger partial charge is 0.417 e. The molecule has 3 aromatic rings. The molecule has 0 bridgehead atoms. The molecular formula is C18H16F3N5O2. The smallest absolute Gasteiger partial charge is 0.352 e. The van der Waals surface area contributed by atoms with Crippen molar-refractivity contribution in [2.24, 2.45) is 0 Å². The van der Waals surface area contributed by atoms with Gasteiger partial charge in [-0.3, -0.25) is 14.0 Å². The molecule has 2 heterocycles. The highest BCUT2D eigenvalue weighted by molar-refractivity contribution is 5.94. The van der Waals surface area contributed by atoms with Gasteiger partial charge < -0.3 is 10.6 Å². The molecule has 0 fully saturated rings. The zero-order valence-electron chi connectivity index (χ0n) is 14.5. The second-order valence-electron chi connectivity index (χ2n) is 5.91. The molecule has 0 unspecified atom stereocenters. The third-order valence-electron chi connectivity index (χ3n) is 3.92. The van der Waals surface area contributed by atoms with Crippen LogP contribution in [-0.4, -0.2) is 33.0 Å². The number of nitrogens with one attached hydrogen (secondary N) is 2. The molecular weight excluding hydrogens is 375 g/mol. The Kier molecular flexibility index (Phi) is 5.57. The molecule has 7 nitrogen and oxygen atoms in total. The molecule has 0 saturated heterocycles. The van der Waals surface area contributed by atoms with Crippen molar-refractivity contribution >= 4 is 17.5 Å². The van der Waals surface area contributed by atoms with E-state index in [1.165, 1.54) is 10.5 Å². The van der Waals surface area contributed by atoms with E-state index in [-0.39, 0.29) is 42.8 Å². The van der Waals surface area contributed by atoms with Crippen molar-refractivity contribution in [1.29, 1.82) is 0 Å². The topological polar surface area (TPSA) is 88.4 Å². The second kappa shape index (κ2) is 8.07. The van der Waals surface area contributed by atoms with Crippen LogP contribution in [0.3, 0.4) is 0 Å². The first kappa shape index (κ1) is 19.3. The molecule has 3 rings (SSSR count). The van der Waals surface area contributed by atoms with Crippen LogP contribution in [0.5, 0.6) is 0 Å². The number of benzene rings is 1. The van der Waals surface area contributed by atoms with E-state index in [2.05, 4.69) is 20.8 Å². The van der Waals surface area contributed by atoms with Gasteiger partial charge in [0, 0.05) is 24.7 Å². The summed E-state index contributed by atoms with van der Waals surface area (Å²) in [5.41, 5.74) is -0.110. The van der Waals surface area contributed by atoms with Crippen molar-refractivity contribution in [3.8, 4) is 0 Å². The van der Waals surface area contributed by atoms with Gasteiger partial charge in [-0.15, -0.1) is 10.2 Å². The molecule has 2 N–H and O–H groups in total. The monoisotopic (exact) mass is 391 g/mol. The van der Waals surface area contributed by atoms with E-state index < -0.39 is 11.7 Å². The van der Waals surface area contributed by atoms with Crippen LogP contribution in [0.1, 0.15) is 28.2 Å². The average molecular weight is 391 g/mol. The van der Waals surface area contributed by atoms with Crippen LogP contribution in [0.2, 0.25) is 0 Å². The lowest BCUT2D eigenvalue weighted by molar-refractivity contribution is -0.137. The van der Waals surface area contributed by atoms with Gasteiger partial charge in [-0.05, 0) is 24.3 Å². The Hall–Kier alpha value is -3.43. The van der Waals surface area contributed by atoms with Crippen molar-refractivity contribution < 1.29 is 22.8 Å². The molecule has 2 amide bonds. The van der Waals surface area contributed by atoms with Gasteiger partial charge in [0.25, 0.3) is 5.91 Å². The summed E-state index contributed by atoms with van der Waals surface area (Å²) in [6.07, 6.45) is -3.59. The van der Waals surface area contributed by atoms with Gasteiger partial charge in [0.05, 0.1) is 12.1 Å². The summed E-state index contributed by atoms with van der Waals surface area (Å²) in [5, 5.41) is 12.7. The van der Waals surface area contributed by atoms with Crippen LogP contribution >= 0.6 is 0 Å². The number of hydrogen-bond acceptors (Lipinski definition) is 4. The Balaban J connectivity index is 1.52. The molecule has 2 aromatic heterocycles. The molecule has 0 aliphatic heterocycles. The van der Waals surface area contributed by atoms with E-state index in [0.29, 0.717) is 5.56 Å². The zero-order chi connectivity index (χ0) is 20.1. The quantitative estimate of drug-likeness (QED) is 0.674. The number of rotatable bonds is 6. The number of halogens is 3. The second-order valence-corrected chi connectivity index (χ2v) is 5.91. The van der Waals surface area contributed by atoms with Gasteiger partial charge in [-0.1, -0.05) is 18.2 Å². The SMILES string of the molecule is O=C(CCNC(=O)c1ccccc1)NCc1nnc2ccc(C(F)(F)F)cn12. The van der Waals surface area contributed by atoms with Gasteiger partial charge >= 0.3 is 6.18 Å². The maximum Gasteiger partial charge on any atom is 0.417 e. The molecule has 28 heavy (non-hydrogen) atoms. The van der Waals surface area contributed by atoms with Crippen molar-refractivity contribution in [2.75, 3.05) is 6.54 Å². The van der Waals surface area contributed by atoms with Crippen LogP contribution in [0, 0.1) is 0 Å². The van der Waals surface area contributed by atoms with E-state index in [4.69, 9.17) is 0 Å². The average Bonchev–Trinajstić information content (AvgIpc) is 3.08. The summed E-state index contributed by atoms with van der Waals surface area (Å²) in [6.45, 7) is 0.0340. The Labute approximate surface area is 157 Å². The molecule has 146 valence electrons. The number of amides is 2. The number of pyridine rings is 1. The van der Waals surface area contributed by atoms with E-state index >= 15 is 0 Å². The van der Waals surface area contributed by atoms with Crippen LogP contribution in [0.4, 0.5) is 13.2 Å². The summed E-state index contributed by atoms with van der Waals surface area (Å²) in [7, 11) is 0. The molecule has 0 atom stereocenters. The number of carbonyl (C=O) groups excluding carboxylic acids is 2. The first-order chi connectivity index (χ1) is 13.3. The zero-order valence-corrected chi connectivity index (χ0v) is 14.5. The molecule has 0 spiro atoms. The maximum atomic E-state index is 12.8. The first-order valence-electron chi connectivity index (χ1n) is 8.35.